The summed E-state index contributed by atoms with van der Waals surface area (Å²) in [5, 5.41) is 3.69. The van der Waals surface area contributed by atoms with Gasteiger partial charge >= 0.3 is 0 Å². The van der Waals surface area contributed by atoms with Crippen molar-refractivity contribution in [2.45, 2.75) is 12.3 Å². The molecule has 19 heavy (non-hydrogen) atoms. The van der Waals surface area contributed by atoms with E-state index >= 15 is 0 Å². The third kappa shape index (κ3) is 3.45. The molecule has 0 aliphatic heterocycles. The zero-order valence-corrected chi connectivity index (χ0v) is 13.6. The van der Waals surface area contributed by atoms with E-state index in [9.17, 15) is 4.79 Å². The van der Waals surface area contributed by atoms with E-state index in [1.54, 1.807) is 0 Å². The fourth-order valence-corrected chi connectivity index (χ4v) is 2.50. The van der Waals surface area contributed by atoms with Crippen molar-refractivity contribution in [3.05, 3.63) is 63.6 Å². The SMILES string of the molecule is Cc1c(Br)cccc1C(=O)Nc1cccc(CBr)c1. The zero-order valence-electron chi connectivity index (χ0n) is 10.4. The van der Waals surface area contributed by atoms with Crippen molar-refractivity contribution in [3.63, 3.8) is 0 Å². The van der Waals surface area contributed by atoms with E-state index in [1.807, 2.05) is 49.4 Å². The predicted molar refractivity (Wildman–Crippen MR) is 85.9 cm³/mol. The highest BCUT2D eigenvalue weighted by Crippen LogP contribution is 2.21. The summed E-state index contributed by atoms with van der Waals surface area (Å²) in [5.74, 6) is -0.0921. The molecule has 2 nitrogen and oxygen atoms in total. The van der Waals surface area contributed by atoms with Gasteiger partial charge in [0.15, 0.2) is 0 Å². The molecule has 0 spiro atoms. The Morgan fingerprint density at radius 1 is 1.21 bits per heavy atom. The summed E-state index contributed by atoms with van der Waals surface area (Å²) >= 11 is 6.84. The molecule has 98 valence electrons. The number of nitrogens with one attached hydrogen (secondary N) is 1. The molecule has 0 aromatic heterocycles. The van der Waals surface area contributed by atoms with Crippen LogP contribution in [0.15, 0.2) is 46.9 Å². The molecule has 0 heterocycles. The lowest BCUT2D eigenvalue weighted by Gasteiger charge is -2.09. The van der Waals surface area contributed by atoms with Gasteiger partial charge in [-0.2, -0.15) is 0 Å². The summed E-state index contributed by atoms with van der Waals surface area (Å²) in [6.07, 6.45) is 0. The van der Waals surface area contributed by atoms with Crippen molar-refractivity contribution in [1.29, 1.82) is 0 Å². The van der Waals surface area contributed by atoms with Crippen LogP contribution in [-0.2, 0) is 5.33 Å². The van der Waals surface area contributed by atoms with E-state index in [0.29, 0.717) is 5.56 Å². The Morgan fingerprint density at radius 2 is 1.95 bits per heavy atom. The molecule has 0 saturated carbocycles. The van der Waals surface area contributed by atoms with Crippen LogP contribution in [0.4, 0.5) is 5.69 Å². The minimum Gasteiger partial charge on any atom is -0.322 e. The monoisotopic (exact) mass is 381 g/mol. The van der Waals surface area contributed by atoms with Gasteiger partial charge in [-0.1, -0.05) is 50.1 Å². The minimum atomic E-state index is -0.0921. The van der Waals surface area contributed by atoms with Gasteiger partial charge in [0, 0.05) is 21.1 Å². The highest BCUT2D eigenvalue weighted by molar-refractivity contribution is 9.10. The van der Waals surface area contributed by atoms with Crippen LogP contribution in [0.3, 0.4) is 0 Å². The zero-order chi connectivity index (χ0) is 13.8. The molecule has 1 N–H and O–H groups in total. The maximum Gasteiger partial charge on any atom is 0.255 e. The van der Waals surface area contributed by atoms with Crippen molar-refractivity contribution in [2.75, 3.05) is 5.32 Å². The molecule has 0 unspecified atom stereocenters. The average Bonchev–Trinajstić information content (AvgIpc) is 2.42. The molecule has 2 aromatic carbocycles. The largest absolute Gasteiger partial charge is 0.322 e. The van der Waals surface area contributed by atoms with Gasteiger partial charge < -0.3 is 5.32 Å². The molecule has 0 saturated heterocycles. The first-order chi connectivity index (χ1) is 9.11. The van der Waals surface area contributed by atoms with E-state index < -0.39 is 0 Å². The van der Waals surface area contributed by atoms with Crippen LogP contribution in [0.1, 0.15) is 21.5 Å². The van der Waals surface area contributed by atoms with Crippen LogP contribution in [0.25, 0.3) is 0 Å². The van der Waals surface area contributed by atoms with Crippen molar-refractivity contribution < 1.29 is 4.79 Å². The maximum absolute atomic E-state index is 12.2. The van der Waals surface area contributed by atoms with Gasteiger partial charge in [0.1, 0.15) is 0 Å². The van der Waals surface area contributed by atoms with Crippen LogP contribution in [0, 0.1) is 6.92 Å². The number of halogens is 2. The van der Waals surface area contributed by atoms with Gasteiger partial charge in [-0.05, 0) is 42.3 Å². The number of hydrogen-bond acceptors (Lipinski definition) is 1. The smallest absolute Gasteiger partial charge is 0.255 e. The Labute approximate surface area is 129 Å². The second-order valence-corrected chi connectivity index (χ2v) is 5.62. The molecule has 0 aliphatic rings. The molecule has 0 radical (unpaired) electrons. The molecular formula is C15H13Br2NO. The quantitative estimate of drug-likeness (QED) is 0.751. The van der Waals surface area contributed by atoms with Gasteiger partial charge in [0.25, 0.3) is 5.91 Å². The maximum atomic E-state index is 12.2. The number of amides is 1. The topological polar surface area (TPSA) is 29.1 Å². The van der Waals surface area contributed by atoms with Crippen LogP contribution in [0.2, 0.25) is 0 Å². The molecule has 2 rings (SSSR count). The lowest BCUT2D eigenvalue weighted by atomic mass is 10.1. The number of benzene rings is 2. The summed E-state index contributed by atoms with van der Waals surface area (Å²) in [6, 6.07) is 13.4. The van der Waals surface area contributed by atoms with Gasteiger partial charge in [-0.25, -0.2) is 0 Å². The lowest BCUT2D eigenvalue weighted by Crippen LogP contribution is -2.13. The molecule has 1 amide bonds. The normalized spacial score (nSPS) is 10.3. The summed E-state index contributed by atoms with van der Waals surface area (Å²) in [4.78, 5) is 12.2. The molecule has 2 aromatic rings. The summed E-state index contributed by atoms with van der Waals surface area (Å²) < 4.78 is 0.939. The molecule has 0 bridgehead atoms. The first kappa shape index (κ1) is 14.3. The van der Waals surface area contributed by atoms with Gasteiger partial charge in [-0.15, -0.1) is 0 Å². The Hall–Kier alpha value is -1.13. The van der Waals surface area contributed by atoms with E-state index in [1.165, 1.54) is 0 Å². The van der Waals surface area contributed by atoms with Crippen LogP contribution >= 0.6 is 31.9 Å². The van der Waals surface area contributed by atoms with Gasteiger partial charge in [0.2, 0.25) is 0 Å². The number of rotatable bonds is 3. The minimum absolute atomic E-state index is 0.0921. The number of hydrogen-bond donors (Lipinski definition) is 1. The highest BCUT2D eigenvalue weighted by Gasteiger charge is 2.10. The third-order valence-electron chi connectivity index (χ3n) is 2.85. The molecule has 0 fully saturated rings. The highest BCUT2D eigenvalue weighted by atomic mass is 79.9. The summed E-state index contributed by atoms with van der Waals surface area (Å²) in [6.45, 7) is 1.92. The number of alkyl halides is 1. The van der Waals surface area contributed by atoms with Crippen molar-refractivity contribution >= 4 is 43.5 Å². The van der Waals surface area contributed by atoms with Crippen LogP contribution in [-0.4, -0.2) is 5.91 Å². The standard InChI is InChI=1S/C15H13Br2NO/c1-10-13(6-3-7-14(10)17)15(19)18-12-5-2-4-11(8-12)9-16/h2-8H,9H2,1H3,(H,18,19). The second-order valence-electron chi connectivity index (χ2n) is 4.20. The predicted octanol–water partition coefficient (Wildman–Crippen LogP) is 4.90. The second kappa shape index (κ2) is 6.35. The Bertz CT molecular complexity index is 611. The van der Waals surface area contributed by atoms with Crippen molar-refractivity contribution in [3.8, 4) is 0 Å². The Morgan fingerprint density at radius 3 is 2.68 bits per heavy atom. The van der Waals surface area contributed by atoms with E-state index in [4.69, 9.17) is 0 Å². The molecule has 0 atom stereocenters. The van der Waals surface area contributed by atoms with Crippen LogP contribution < -0.4 is 5.32 Å². The summed E-state index contributed by atoms with van der Waals surface area (Å²) in [5.41, 5.74) is 3.56. The lowest BCUT2D eigenvalue weighted by molar-refractivity contribution is 0.102. The fraction of sp³-hybridized carbons (Fsp3) is 0.133. The Kier molecular flexibility index (Phi) is 4.77. The first-order valence-electron chi connectivity index (χ1n) is 5.83. The fourth-order valence-electron chi connectivity index (χ4n) is 1.78. The van der Waals surface area contributed by atoms with Gasteiger partial charge in [-0.3, -0.25) is 4.79 Å². The van der Waals surface area contributed by atoms with E-state index in [2.05, 4.69) is 37.2 Å². The molecule has 4 heteroatoms. The first-order valence-corrected chi connectivity index (χ1v) is 7.74. The number of carbonyl (C=O) groups excluding carboxylic acids is 1. The van der Waals surface area contributed by atoms with Crippen LogP contribution in [0.5, 0.6) is 0 Å². The van der Waals surface area contributed by atoms with E-state index in [0.717, 1.165) is 26.6 Å². The Balaban J connectivity index is 2.23. The van der Waals surface area contributed by atoms with Crippen molar-refractivity contribution in [2.24, 2.45) is 0 Å². The van der Waals surface area contributed by atoms with Gasteiger partial charge in [0.05, 0.1) is 0 Å². The third-order valence-corrected chi connectivity index (χ3v) is 4.36. The van der Waals surface area contributed by atoms with Crippen molar-refractivity contribution in [1.82, 2.24) is 0 Å². The average molecular weight is 383 g/mol. The number of anilines is 1. The molecular weight excluding hydrogens is 370 g/mol. The van der Waals surface area contributed by atoms with E-state index in [-0.39, 0.29) is 5.91 Å². The molecule has 0 aliphatic carbocycles. The summed E-state index contributed by atoms with van der Waals surface area (Å²) in [7, 11) is 0. The number of carbonyl (C=O) groups is 1.